The van der Waals surface area contributed by atoms with Crippen molar-refractivity contribution in [1.29, 1.82) is 0 Å². The minimum absolute atomic E-state index is 0. The molecule has 0 aliphatic heterocycles. The van der Waals surface area contributed by atoms with Crippen molar-refractivity contribution in [2.75, 3.05) is 0 Å². The second-order valence-electron chi connectivity index (χ2n) is 6.18. The zero-order valence-corrected chi connectivity index (χ0v) is 17.8. The molecule has 2 saturated carbocycles. The smallest absolute Gasteiger partial charge is 0.667 e. The summed E-state index contributed by atoms with van der Waals surface area (Å²) in [6.45, 7) is 14.0. The maximum atomic E-state index is 5.06. The van der Waals surface area contributed by atoms with E-state index in [1.807, 2.05) is 0 Å². The number of nitrogens with zero attached hydrogens (tertiary/aromatic N) is 1. The Bertz CT molecular complexity index is 167. The predicted molar refractivity (Wildman–Crippen MR) is 86.4 cm³/mol. The molecule has 0 atom stereocenters. The minimum Gasteiger partial charge on any atom is -0.667 e. The molecule has 0 amide bonds. The summed E-state index contributed by atoms with van der Waals surface area (Å²) >= 11 is 0. The van der Waals surface area contributed by atoms with Crippen molar-refractivity contribution in [2.45, 2.75) is 77.8 Å². The predicted octanol–water partition coefficient (Wildman–Crippen LogP) is 5.78. The van der Waals surface area contributed by atoms with Gasteiger partial charge in [0.2, 0.25) is 0 Å². The van der Waals surface area contributed by atoms with Crippen molar-refractivity contribution < 1.29 is 26.2 Å². The molecule has 1 radical (unpaired) electrons. The second-order valence-corrected chi connectivity index (χ2v) is 15.7. The molecule has 0 unspecified atom stereocenters. The zero-order valence-electron chi connectivity index (χ0n) is 13.3. The van der Waals surface area contributed by atoms with E-state index >= 15 is 0 Å². The van der Waals surface area contributed by atoms with Crippen LogP contribution in [0.25, 0.3) is 4.65 Å². The quantitative estimate of drug-likeness (QED) is 0.445. The van der Waals surface area contributed by atoms with Crippen LogP contribution in [0.5, 0.6) is 0 Å². The van der Waals surface area contributed by atoms with Crippen LogP contribution in [-0.4, -0.2) is 16.5 Å². The summed E-state index contributed by atoms with van der Waals surface area (Å²) in [5.41, 5.74) is 0. The standard InChI is InChI=1S/C8H22NSi2.2C3H5.Zr/c1-7-10(3,4)9-11(5,6)8-2;2*1-2-3-1;/h7-8H2,1-6H3;2*1H,2-3H2;/q3*-1;+3. The molecule has 2 aliphatic carbocycles. The molecule has 2 fully saturated rings. The van der Waals surface area contributed by atoms with E-state index in [9.17, 15) is 0 Å². The van der Waals surface area contributed by atoms with E-state index in [4.69, 9.17) is 4.65 Å². The molecule has 0 aromatic carbocycles. The van der Waals surface area contributed by atoms with Crippen LogP contribution in [0, 0.1) is 12.8 Å². The largest absolute Gasteiger partial charge is 3.00 e. The first-order chi connectivity index (χ1) is 7.83. The molecule has 0 N–H and O–H groups in total. The monoisotopic (exact) mass is 360 g/mol. The first kappa shape index (κ1) is 21.6. The number of hydrogen-bond donors (Lipinski definition) is 0. The van der Waals surface area contributed by atoms with Gasteiger partial charge < -0.3 is 17.5 Å². The Morgan fingerprint density at radius 3 is 1.11 bits per heavy atom. The van der Waals surface area contributed by atoms with Crippen molar-refractivity contribution in [3.63, 3.8) is 0 Å². The van der Waals surface area contributed by atoms with Crippen LogP contribution in [0.2, 0.25) is 38.3 Å². The fraction of sp³-hybridized carbons (Fsp3) is 0.857. The third-order valence-corrected chi connectivity index (χ3v) is 11.2. The molecular formula is C14H32NSi2Zr. The molecule has 0 aromatic rings. The van der Waals surface area contributed by atoms with Gasteiger partial charge in [0.05, 0.1) is 0 Å². The summed E-state index contributed by atoms with van der Waals surface area (Å²) in [5.74, 6) is 0. The maximum Gasteiger partial charge on any atom is 3.00 e. The third-order valence-electron chi connectivity index (χ3n) is 2.91. The molecule has 0 spiro atoms. The Labute approximate surface area is 137 Å². The molecular weight excluding hydrogens is 330 g/mol. The molecule has 0 saturated heterocycles. The van der Waals surface area contributed by atoms with Crippen molar-refractivity contribution in [2.24, 2.45) is 0 Å². The summed E-state index contributed by atoms with van der Waals surface area (Å²) in [5, 5.41) is 0. The van der Waals surface area contributed by atoms with Crippen LogP contribution in [0.1, 0.15) is 39.5 Å². The summed E-state index contributed by atoms with van der Waals surface area (Å²) in [6.07, 6.45) is 10.0. The molecule has 4 heteroatoms. The topological polar surface area (TPSA) is 14.1 Å². The van der Waals surface area contributed by atoms with Crippen LogP contribution in [0.3, 0.4) is 0 Å². The van der Waals surface area contributed by atoms with Crippen molar-refractivity contribution in [1.82, 2.24) is 0 Å². The third kappa shape index (κ3) is 19.6. The van der Waals surface area contributed by atoms with Crippen molar-refractivity contribution in [3.8, 4) is 0 Å². The summed E-state index contributed by atoms with van der Waals surface area (Å²) in [4.78, 5) is 0. The Kier molecular flexibility index (Phi) is 13.2. The van der Waals surface area contributed by atoms with Crippen LogP contribution in [-0.2, 0) is 26.2 Å². The molecule has 105 valence electrons. The van der Waals surface area contributed by atoms with Crippen LogP contribution < -0.4 is 0 Å². The van der Waals surface area contributed by atoms with E-state index in [-0.39, 0.29) is 26.2 Å². The van der Waals surface area contributed by atoms with Crippen LogP contribution in [0.4, 0.5) is 0 Å². The first-order valence-corrected chi connectivity index (χ1v) is 13.5. The Morgan fingerprint density at radius 1 is 0.778 bits per heavy atom. The van der Waals surface area contributed by atoms with Gasteiger partial charge >= 0.3 is 26.2 Å². The maximum absolute atomic E-state index is 5.06. The summed E-state index contributed by atoms with van der Waals surface area (Å²) in [6, 6.07) is 2.59. The summed E-state index contributed by atoms with van der Waals surface area (Å²) < 4.78 is 5.06. The van der Waals surface area contributed by atoms with Gasteiger partial charge in [0.25, 0.3) is 0 Å². The summed E-state index contributed by atoms with van der Waals surface area (Å²) in [7, 11) is -2.29. The van der Waals surface area contributed by atoms with E-state index in [1.54, 1.807) is 0 Å². The average Bonchev–Trinajstić information content (AvgIpc) is 3.11. The molecule has 0 heterocycles. The van der Waals surface area contributed by atoms with Gasteiger partial charge in [0.15, 0.2) is 0 Å². The molecule has 2 aliphatic rings. The molecule has 1 nitrogen and oxygen atoms in total. The average molecular weight is 362 g/mol. The number of rotatable bonds is 4. The van der Waals surface area contributed by atoms with Crippen LogP contribution >= 0.6 is 0 Å². The molecule has 0 bridgehead atoms. The molecule has 0 aromatic heterocycles. The van der Waals surface area contributed by atoms with Gasteiger partial charge in [0, 0.05) is 0 Å². The Morgan fingerprint density at radius 2 is 1.00 bits per heavy atom. The van der Waals surface area contributed by atoms with Gasteiger partial charge in [-0.2, -0.15) is 0 Å². The van der Waals surface area contributed by atoms with Gasteiger partial charge in [-0.1, -0.05) is 68.6 Å². The van der Waals surface area contributed by atoms with E-state index in [0.717, 1.165) is 0 Å². The van der Waals surface area contributed by atoms with E-state index in [0.29, 0.717) is 0 Å². The fourth-order valence-corrected chi connectivity index (χ4v) is 8.80. The fourth-order valence-electron chi connectivity index (χ4n) is 0.977. The first-order valence-electron chi connectivity index (χ1n) is 7.20. The zero-order chi connectivity index (χ0) is 13.4. The minimum atomic E-state index is -1.15. The Balaban J connectivity index is 0. The Hall–Kier alpha value is 1.28. The van der Waals surface area contributed by atoms with Crippen LogP contribution in [0.15, 0.2) is 0 Å². The van der Waals surface area contributed by atoms with E-state index < -0.39 is 16.5 Å². The van der Waals surface area contributed by atoms with Gasteiger partial charge in [-0.15, -0.1) is 0 Å². The number of hydrogen-bond acceptors (Lipinski definition) is 0. The normalized spacial score (nSPS) is 16.3. The van der Waals surface area contributed by atoms with E-state index in [2.05, 4.69) is 52.9 Å². The van der Waals surface area contributed by atoms with Gasteiger partial charge in [-0.25, -0.2) is 25.7 Å². The van der Waals surface area contributed by atoms with Crippen molar-refractivity contribution in [3.05, 3.63) is 17.5 Å². The van der Waals surface area contributed by atoms with Gasteiger partial charge in [0.1, 0.15) is 0 Å². The van der Waals surface area contributed by atoms with Gasteiger partial charge in [-0.05, 0) is 0 Å². The van der Waals surface area contributed by atoms with Crippen molar-refractivity contribution >= 4 is 16.5 Å². The molecule has 18 heavy (non-hydrogen) atoms. The SMILES string of the molecule is CC[Si](C)(C)[N-][Si](C)(C)CC.[CH-]1CC1.[CH-]1CC1.[Zr+3]. The van der Waals surface area contributed by atoms with Gasteiger partial charge in [-0.3, -0.25) is 0 Å². The van der Waals surface area contributed by atoms with E-state index in [1.165, 1.54) is 37.8 Å². The molecule has 2 rings (SSSR count). The second kappa shape index (κ2) is 11.0.